The van der Waals surface area contributed by atoms with Crippen molar-refractivity contribution in [2.45, 2.75) is 26.2 Å². The number of nitrogens with zero attached hydrogens (tertiary/aromatic N) is 4. The smallest absolute Gasteiger partial charge is 0.293 e. The van der Waals surface area contributed by atoms with Crippen molar-refractivity contribution in [2.75, 3.05) is 30.4 Å². The topological polar surface area (TPSA) is 72.3 Å². The van der Waals surface area contributed by atoms with Gasteiger partial charge in [-0.2, -0.15) is 4.98 Å². The first-order valence-corrected chi connectivity index (χ1v) is 10.6. The molecule has 3 aromatic rings. The number of ether oxygens (including phenoxy) is 1. The second-order valence-corrected chi connectivity index (χ2v) is 8.09. The maximum Gasteiger partial charge on any atom is 0.293 e. The summed E-state index contributed by atoms with van der Waals surface area (Å²) in [5.41, 5.74) is 1.47. The van der Waals surface area contributed by atoms with E-state index >= 15 is 0 Å². The Bertz CT molecular complexity index is 1120. The van der Waals surface area contributed by atoms with Gasteiger partial charge in [0.15, 0.2) is 11.6 Å². The first-order valence-electron chi connectivity index (χ1n) is 10.2. The largest absolute Gasteiger partial charge is 0.491 e. The molecule has 3 heterocycles. The molecule has 2 aromatic heterocycles. The van der Waals surface area contributed by atoms with Crippen molar-refractivity contribution in [2.24, 2.45) is 13.0 Å². The highest BCUT2D eigenvalue weighted by Gasteiger charge is 2.20. The summed E-state index contributed by atoms with van der Waals surface area (Å²) in [6.07, 6.45) is 5.19. The van der Waals surface area contributed by atoms with Gasteiger partial charge in [0.1, 0.15) is 5.02 Å². The van der Waals surface area contributed by atoms with Crippen LogP contribution >= 0.6 is 11.6 Å². The Labute approximate surface area is 180 Å². The van der Waals surface area contributed by atoms with Crippen molar-refractivity contribution in [3.8, 4) is 5.75 Å². The highest BCUT2D eigenvalue weighted by molar-refractivity contribution is 6.32. The number of hydrogen-bond acceptors (Lipinski definition) is 6. The molecule has 0 atom stereocenters. The van der Waals surface area contributed by atoms with Crippen LogP contribution in [0.1, 0.15) is 26.2 Å². The molecule has 0 spiro atoms. The molecular weight excluding hydrogens is 402 g/mol. The standard InChI is InChI=1S/C22H26ClN5O2/c1-4-14-7-9-28(10-8-14)22-24-13-17(23)20(26-22)25-16-5-6-18-15(11-16)12-19(30-3)21(29)27(18)2/h5-6,11-14H,4,7-10H2,1-3H3,(H,24,25,26). The Morgan fingerprint density at radius 2 is 2.03 bits per heavy atom. The quantitative estimate of drug-likeness (QED) is 0.652. The average Bonchev–Trinajstić information content (AvgIpc) is 2.77. The molecule has 158 valence electrons. The van der Waals surface area contributed by atoms with Crippen LogP contribution in [0.2, 0.25) is 5.02 Å². The minimum atomic E-state index is -0.166. The summed E-state index contributed by atoms with van der Waals surface area (Å²) in [4.78, 5) is 23.6. The van der Waals surface area contributed by atoms with Crippen LogP contribution in [0.25, 0.3) is 10.9 Å². The summed E-state index contributed by atoms with van der Waals surface area (Å²) in [5, 5.41) is 4.64. The summed E-state index contributed by atoms with van der Waals surface area (Å²) in [7, 11) is 3.23. The second-order valence-electron chi connectivity index (χ2n) is 7.68. The predicted molar refractivity (Wildman–Crippen MR) is 121 cm³/mol. The Hall–Kier alpha value is -2.80. The summed E-state index contributed by atoms with van der Waals surface area (Å²) < 4.78 is 6.79. The first kappa shape index (κ1) is 20.5. The number of rotatable bonds is 5. The lowest BCUT2D eigenvalue weighted by Crippen LogP contribution is -2.34. The number of aromatic nitrogens is 3. The van der Waals surface area contributed by atoms with Gasteiger partial charge >= 0.3 is 0 Å². The van der Waals surface area contributed by atoms with Crippen LogP contribution in [0.4, 0.5) is 17.5 Å². The van der Waals surface area contributed by atoms with E-state index in [4.69, 9.17) is 16.3 Å². The van der Waals surface area contributed by atoms with Crippen molar-refractivity contribution >= 4 is 40.0 Å². The number of benzene rings is 1. The first-order chi connectivity index (χ1) is 14.5. The van der Waals surface area contributed by atoms with Gasteiger partial charge in [0.05, 0.1) is 18.8 Å². The highest BCUT2D eigenvalue weighted by atomic mass is 35.5. The molecular formula is C22H26ClN5O2. The van der Waals surface area contributed by atoms with E-state index in [9.17, 15) is 4.79 Å². The number of piperidine rings is 1. The highest BCUT2D eigenvalue weighted by Crippen LogP contribution is 2.29. The Morgan fingerprint density at radius 3 is 2.73 bits per heavy atom. The Morgan fingerprint density at radius 1 is 1.27 bits per heavy atom. The third kappa shape index (κ3) is 3.94. The van der Waals surface area contributed by atoms with Gasteiger partial charge in [0.25, 0.3) is 5.56 Å². The SMILES string of the molecule is CCC1CCN(c2ncc(Cl)c(Nc3ccc4c(c3)cc(OC)c(=O)n4C)n2)CC1. The molecule has 7 nitrogen and oxygen atoms in total. The molecule has 1 aromatic carbocycles. The van der Waals surface area contributed by atoms with Crippen LogP contribution in [0.3, 0.4) is 0 Å². The maximum atomic E-state index is 12.2. The summed E-state index contributed by atoms with van der Waals surface area (Å²) in [6.45, 7) is 4.17. The van der Waals surface area contributed by atoms with E-state index in [1.165, 1.54) is 13.5 Å². The van der Waals surface area contributed by atoms with E-state index in [1.807, 2.05) is 18.2 Å². The third-order valence-corrected chi connectivity index (χ3v) is 6.16. The van der Waals surface area contributed by atoms with E-state index in [-0.39, 0.29) is 5.56 Å². The lowest BCUT2D eigenvalue weighted by Gasteiger charge is -2.31. The zero-order valence-electron chi connectivity index (χ0n) is 17.5. The van der Waals surface area contributed by atoms with Gasteiger partial charge in [-0.15, -0.1) is 0 Å². The number of fused-ring (bicyclic) bond motifs is 1. The molecule has 1 N–H and O–H groups in total. The van der Waals surface area contributed by atoms with Crippen molar-refractivity contribution in [3.05, 3.63) is 45.8 Å². The van der Waals surface area contributed by atoms with Gasteiger partial charge in [-0.25, -0.2) is 4.98 Å². The normalized spacial score (nSPS) is 14.9. The predicted octanol–water partition coefficient (Wildman–Crippen LogP) is 4.36. The molecule has 0 bridgehead atoms. The Kier molecular flexibility index (Phi) is 5.81. The minimum absolute atomic E-state index is 0.166. The number of nitrogens with one attached hydrogen (secondary N) is 1. The fourth-order valence-electron chi connectivity index (χ4n) is 3.95. The average molecular weight is 428 g/mol. The fourth-order valence-corrected chi connectivity index (χ4v) is 4.09. The molecule has 8 heteroatoms. The number of pyridine rings is 1. The maximum absolute atomic E-state index is 12.2. The van der Waals surface area contributed by atoms with Gasteiger partial charge < -0.3 is 19.5 Å². The molecule has 0 amide bonds. The lowest BCUT2D eigenvalue weighted by molar-refractivity contribution is 0.392. The van der Waals surface area contributed by atoms with Gasteiger partial charge in [-0.05, 0) is 43.0 Å². The van der Waals surface area contributed by atoms with Crippen LogP contribution in [0.15, 0.2) is 35.3 Å². The van der Waals surface area contributed by atoms with E-state index in [0.29, 0.717) is 22.5 Å². The number of aryl methyl sites for hydroxylation is 1. The summed E-state index contributed by atoms with van der Waals surface area (Å²) in [6, 6.07) is 7.49. The van der Waals surface area contributed by atoms with Crippen LogP contribution in [-0.4, -0.2) is 34.7 Å². The van der Waals surface area contributed by atoms with Crippen LogP contribution in [0.5, 0.6) is 5.75 Å². The van der Waals surface area contributed by atoms with E-state index < -0.39 is 0 Å². The monoisotopic (exact) mass is 427 g/mol. The number of hydrogen-bond donors (Lipinski definition) is 1. The van der Waals surface area contributed by atoms with Crippen LogP contribution in [-0.2, 0) is 7.05 Å². The van der Waals surface area contributed by atoms with Crippen molar-refractivity contribution in [1.82, 2.24) is 14.5 Å². The van der Waals surface area contributed by atoms with E-state index in [0.717, 1.165) is 48.4 Å². The zero-order chi connectivity index (χ0) is 21.3. The van der Waals surface area contributed by atoms with Crippen molar-refractivity contribution in [1.29, 1.82) is 0 Å². The molecule has 0 unspecified atom stereocenters. The molecule has 0 aliphatic carbocycles. The molecule has 4 rings (SSSR count). The molecule has 1 saturated heterocycles. The van der Waals surface area contributed by atoms with Crippen LogP contribution in [0, 0.1) is 5.92 Å². The summed E-state index contributed by atoms with van der Waals surface area (Å²) >= 11 is 6.37. The molecule has 1 aliphatic rings. The third-order valence-electron chi connectivity index (χ3n) is 5.88. The minimum Gasteiger partial charge on any atom is -0.491 e. The molecule has 0 saturated carbocycles. The molecule has 30 heavy (non-hydrogen) atoms. The second kappa shape index (κ2) is 8.52. The van der Waals surface area contributed by atoms with E-state index in [1.54, 1.807) is 23.9 Å². The van der Waals surface area contributed by atoms with E-state index in [2.05, 4.69) is 27.1 Å². The number of anilines is 3. The van der Waals surface area contributed by atoms with Gasteiger partial charge in [0, 0.05) is 31.2 Å². The molecule has 0 radical (unpaired) electrons. The van der Waals surface area contributed by atoms with Crippen molar-refractivity contribution < 1.29 is 4.74 Å². The summed E-state index contributed by atoms with van der Waals surface area (Å²) in [5.74, 6) is 2.36. The van der Waals surface area contributed by atoms with Crippen molar-refractivity contribution in [3.63, 3.8) is 0 Å². The van der Waals surface area contributed by atoms with Gasteiger partial charge in [-0.1, -0.05) is 24.9 Å². The number of halogens is 1. The fraction of sp³-hybridized carbons (Fsp3) is 0.409. The van der Waals surface area contributed by atoms with Crippen LogP contribution < -0.4 is 20.5 Å². The number of methoxy groups -OCH3 is 1. The Balaban J connectivity index is 1.61. The molecule has 1 fully saturated rings. The lowest BCUT2D eigenvalue weighted by atomic mass is 9.95. The van der Waals surface area contributed by atoms with Gasteiger partial charge in [-0.3, -0.25) is 4.79 Å². The zero-order valence-corrected chi connectivity index (χ0v) is 18.2. The molecule has 1 aliphatic heterocycles. The van der Waals surface area contributed by atoms with Gasteiger partial charge in [0.2, 0.25) is 5.95 Å².